The van der Waals surface area contributed by atoms with Gasteiger partial charge in [-0.15, -0.1) is 11.3 Å². The lowest BCUT2D eigenvalue weighted by Gasteiger charge is -2.23. The minimum atomic E-state index is 0.162. The smallest absolute Gasteiger partial charge is 0.220 e. The highest BCUT2D eigenvalue weighted by Crippen LogP contribution is 2.20. The number of hydrogen-bond donors (Lipinski definition) is 2. The average Bonchev–Trinajstić information content (AvgIpc) is 2.85. The highest BCUT2D eigenvalue weighted by Gasteiger charge is 2.18. The van der Waals surface area contributed by atoms with Crippen LogP contribution in [-0.4, -0.2) is 27.9 Å². The number of thiazole rings is 1. The molecule has 1 atom stereocenters. The SMILES string of the molecule is Cc1cn2c(CNC3CCC(=O)NC3)c(C)nc2s1. The summed E-state index contributed by atoms with van der Waals surface area (Å²) in [5.74, 6) is 0.162. The largest absolute Gasteiger partial charge is 0.355 e. The van der Waals surface area contributed by atoms with Crippen LogP contribution in [0.1, 0.15) is 29.1 Å². The van der Waals surface area contributed by atoms with Gasteiger partial charge in [-0.2, -0.15) is 0 Å². The second kappa shape index (κ2) is 4.94. The summed E-state index contributed by atoms with van der Waals surface area (Å²) in [5.41, 5.74) is 2.30. The number of nitrogens with zero attached hydrogens (tertiary/aromatic N) is 2. The van der Waals surface area contributed by atoms with Crippen molar-refractivity contribution in [3.63, 3.8) is 0 Å². The molecular formula is C13H18N4OS. The fraction of sp³-hybridized carbons (Fsp3) is 0.538. The molecule has 102 valence electrons. The Morgan fingerprint density at radius 1 is 1.58 bits per heavy atom. The minimum Gasteiger partial charge on any atom is -0.355 e. The number of carbonyl (C=O) groups is 1. The standard InChI is InChI=1S/C13H18N4OS/c1-8-7-17-11(9(2)16-13(17)19-8)6-14-10-3-4-12(18)15-5-10/h7,10,14H,3-6H2,1-2H3,(H,15,18). The van der Waals surface area contributed by atoms with E-state index >= 15 is 0 Å². The number of rotatable bonds is 3. The summed E-state index contributed by atoms with van der Waals surface area (Å²) in [4.78, 5) is 18.0. The van der Waals surface area contributed by atoms with Crippen LogP contribution in [0.5, 0.6) is 0 Å². The van der Waals surface area contributed by atoms with Crippen LogP contribution in [0.2, 0.25) is 0 Å². The van der Waals surface area contributed by atoms with Crippen LogP contribution in [0.25, 0.3) is 4.96 Å². The van der Waals surface area contributed by atoms with Crippen molar-refractivity contribution in [1.29, 1.82) is 0 Å². The van der Waals surface area contributed by atoms with Crippen molar-refractivity contribution < 1.29 is 4.79 Å². The maximum atomic E-state index is 11.1. The van der Waals surface area contributed by atoms with Gasteiger partial charge in [0.2, 0.25) is 5.91 Å². The van der Waals surface area contributed by atoms with E-state index in [1.165, 1.54) is 10.6 Å². The first kappa shape index (κ1) is 12.6. The zero-order valence-corrected chi connectivity index (χ0v) is 12.0. The van der Waals surface area contributed by atoms with Crippen molar-refractivity contribution in [3.05, 3.63) is 22.5 Å². The lowest BCUT2D eigenvalue weighted by molar-refractivity contribution is -0.122. The van der Waals surface area contributed by atoms with Crippen molar-refractivity contribution in [2.45, 2.75) is 39.3 Å². The van der Waals surface area contributed by atoms with Crippen molar-refractivity contribution in [1.82, 2.24) is 20.0 Å². The Kier molecular flexibility index (Phi) is 3.28. The van der Waals surface area contributed by atoms with E-state index in [2.05, 4.69) is 40.1 Å². The molecule has 0 aromatic carbocycles. The van der Waals surface area contributed by atoms with E-state index in [1.54, 1.807) is 11.3 Å². The van der Waals surface area contributed by atoms with Crippen molar-refractivity contribution >= 4 is 22.2 Å². The first-order valence-electron chi connectivity index (χ1n) is 6.57. The fourth-order valence-electron chi connectivity index (χ4n) is 2.47. The van der Waals surface area contributed by atoms with Gasteiger partial charge in [0, 0.05) is 36.6 Å². The van der Waals surface area contributed by atoms with Crippen LogP contribution in [-0.2, 0) is 11.3 Å². The Hall–Kier alpha value is -1.40. The van der Waals surface area contributed by atoms with Crippen LogP contribution in [0, 0.1) is 13.8 Å². The van der Waals surface area contributed by atoms with Crippen LogP contribution >= 0.6 is 11.3 Å². The Labute approximate surface area is 116 Å². The molecule has 0 bridgehead atoms. The number of nitrogens with one attached hydrogen (secondary N) is 2. The number of piperidine rings is 1. The second-order valence-electron chi connectivity index (χ2n) is 5.06. The molecule has 0 spiro atoms. The highest BCUT2D eigenvalue weighted by molar-refractivity contribution is 7.17. The molecule has 1 aliphatic heterocycles. The molecule has 1 amide bonds. The van der Waals surface area contributed by atoms with Gasteiger partial charge in [0.1, 0.15) is 0 Å². The average molecular weight is 278 g/mol. The molecule has 3 rings (SSSR count). The molecule has 2 N–H and O–H groups in total. The zero-order chi connectivity index (χ0) is 13.4. The Balaban J connectivity index is 1.71. The molecule has 19 heavy (non-hydrogen) atoms. The molecule has 0 aliphatic carbocycles. The van der Waals surface area contributed by atoms with Crippen molar-refractivity contribution in [2.75, 3.05) is 6.54 Å². The Morgan fingerprint density at radius 2 is 2.42 bits per heavy atom. The normalized spacial score (nSPS) is 19.9. The molecule has 5 nitrogen and oxygen atoms in total. The summed E-state index contributed by atoms with van der Waals surface area (Å²) in [7, 11) is 0. The predicted octanol–water partition coefficient (Wildman–Crippen LogP) is 1.38. The third kappa shape index (κ3) is 2.50. The molecule has 1 fully saturated rings. The molecule has 2 aromatic heterocycles. The molecular weight excluding hydrogens is 260 g/mol. The zero-order valence-electron chi connectivity index (χ0n) is 11.2. The second-order valence-corrected chi connectivity index (χ2v) is 6.27. The maximum Gasteiger partial charge on any atom is 0.220 e. The molecule has 2 aromatic rings. The monoisotopic (exact) mass is 278 g/mol. The minimum absolute atomic E-state index is 0.162. The first-order valence-corrected chi connectivity index (χ1v) is 7.39. The number of imidazole rings is 1. The number of aryl methyl sites for hydroxylation is 2. The van der Waals surface area contributed by atoms with Crippen molar-refractivity contribution in [2.24, 2.45) is 0 Å². The lowest BCUT2D eigenvalue weighted by Crippen LogP contribution is -2.45. The van der Waals surface area contributed by atoms with Crippen LogP contribution < -0.4 is 10.6 Å². The van der Waals surface area contributed by atoms with Crippen LogP contribution in [0.3, 0.4) is 0 Å². The third-order valence-electron chi connectivity index (χ3n) is 3.56. The molecule has 3 heterocycles. The van der Waals surface area contributed by atoms with Gasteiger partial charge >= 0.3 is 0 Å². The number of carbonyl (C=O) groups excluding carboxylic acids is 1. The van der Waals surface area contributed by atoms with Gasteiger partial charge in [-0.1, -0.05) is 0 Å². The Morgan fingerprint density at radius 3 is 3.16 bits per heavy atom. The number of hydrogen-bond acceptors (Lipinski definition) is 4. The topological polar surface area (TPSA) is 58.4 Å². The van der Waals surface area contributed by atoms with E-state index < -0.39 is 0 Å². The summed E-state index contributed by atoms with van der Waals surface area (Å²) in [6.45, 7) is 5.67. The van der Waals surface area contributed by atoms with Gasteiger partial charge in [0.25, 0.3) is 0 Å². The summed E-state index contributed by atoms with van der Waals surface area (Å²) in [5, 5.41) is 6.41. The van der Waals surface area contributed by atoms with E-state index in [-0.39, 0.29) is 5.91 Å². The molecule has 1 aliphatic rings. The van der Waals surface area contributed by atoms with E-state index in [1.807, 2.05) is 0 Å². The van der Waals surface area contributed by atoms with E-state index in [9.17, 15) is 4.79 Å². The van der Waals surface area contributed by atoms with Gasteiger partial charge in [0.05, 0.1) is 11.4 Å². The summed E-state index contributed by atoms with van der Waals surface area (Å²) >= 11 is 1.72. The van der Waals surface area contributed by atoms with Gasteiger partial charge in [0.15, 0.2) is 4.96 Å². The first-order chi connectivity index (χ1) is 9.13. The number of fused-ring (bicyclic) bond motifs is 1. The molecule has 6 heteroatoms. The molecule has 1 unspecified atom stereocenters. The summed E-state index contributed by atoms with van der Waals surface area (Å²) < 4.78 is 2.17. The Bertz CT molecular complexity index is 605. The molecule has 1 saturated heterocycles. The third-order valence-corrected chi connectivity index (χ3v) is 4.46. The highest BCUT2D eigenvalue weighted by atomic mass is 32.1. The van der Waals surface area contributed by atoms with E-state index in [4.69, 9.17) is 0 Å². The number of aromatic nitrogens is 2. The number of amides is 1. The predicted molar refractivity (Wildman–Crippen MR) is 75.4 cm³/mol. The van der Waals surface area contributed by atoms with E-state index in [0.717, 1.165) is 30.2 Å². The maximum absolute atomic E-state index is 11.1. The van der Waals surface area contributed by atoms with Crippen LogP contribution in [0.4, 0.5) is 0 Å². The van der Waals surface area contributed by atoms with Gasteiger partial charge < -0.3 is 10.6 Å². The lowest BCUT2D eigenvalue weighted by atomic mass is 10.1. The van der Waals surface area contributed by atoms with Gasteiger partial charge in [-0.05, 0) is 20.3 Å². The van der Waals surface area contributed by atoms with E-state index in [0.29, 0.717) is 12.5 Å². The molecule has 0 radical (unpaired) electrons. The van der Waals surface area contributed by atoms with Gasteiger partial charge in [-0.3, -0.25) is 9.20 Å². The van der Waals surface area contributed by atoms with Crippen LogP contribution in [0.15, 0.2) is 6.20 Å². The quantitative estimate of drug-likeness (QED) is 0.892. The van der Waals surface area contributed by atoms with Crippen molar-refractivity contribution in [3.8, 4) is 0 Å². The summed E-state index contributed by atoms with van der Waals surface area (Å²) in [6, 6.07) is 0.363. The molecule has 0 saturated carbocycles. The van der Waals surface area contributed by atoms with Gasteiger partial charge in [-0.25, -0.2) is 4.98 Å². The summed E-state index contributed by atoms with van der Waals surface area (Å²) in [6.07, 6.45) is 3.67. The fourth-order valence-corrected chi connectivity index (χ4v) is 3.36.